The Labute approximate surface area is 88.2 Å². The first kappa shape index (κ1) is 11.1. The van der Waals surface area contributed by atoms with Crippen LogP contribution in [-0.4, -0.2) is 25.2 Å². The molecule has 0 aliphatic heterocycles. The van der Waals surface area contributed by atoms with Crippen LogP contribution in [0.25, 0.3) is 0 Å². The Kier molecular flexibility index (Phi) is 3.97. The summed E-state index contributed by atoms with van der Waals surface area (Å²) in [5.41, 5.74) is 0.0783. The van der Waals surface area contributed by atoms with E-state index in [-0.39, 0.29) is 18.1 Å². The Bertz CT molecular complexity index is 346. The molecule has 6 heteroatoms. The lowest BCUT2D eigenvalue weighted by atomic mass is 10.3. The van der Waals surface area contributed by atoms with Crippen molar-refractivity contribution in [1.29, 1.82) is 0 Å². The van der Waals surface area contributed by atoms with Crippen LogP contribution < -0.4 is 4.74 Å². The molecule has 1 heterocycles. The Balaban J connectivity index is 3.09. The molecule has 0 unspecified atom stereocenters. The van der Waals surface area contributed by atoms with Gasteiger partial charge in [-0.1, -0.05) is 0 Å². The number of hydrogen-bond donors (Lipinski definition) is 0. The standard InChI is InChI=1S/C8H7BrFNO3/c1-13-4-14-7-5(3-12)6(9)2-11-8(7)10/h2-3H,4H2,1H3. The molecule has 14 heavy (non-hydrogen) atoms. The summed E-state index contributed by atoms with van der Waals surface area (Å²) in [6.45, 7) is -0.143. The minimum atomic E-state index is -0.840. The second-order valence-corrected chi connectivity index (χ2v) is 3.16. The van der Waals surface area contributed by atoms with Crippen molar-refractivity contribution in [1.82, 2.24) is 4.98 Å². The predicted octanol–water partition coefficient (Wildman–Crippen LogP) is 1.78. The van der Waals surface area contributed by atoms with E-state index in [9.17, 15) is 9.18 Å². The van der Waals surface area contributed by atoms with Crippen molar-refractivity contribution in [3.8, 4) is 5.75 Å². The molecule has 1 rings (SSSR count). The normalized spacial score (nSPS) is 9.93. The third-order valence-corrected chi connectivity index (χ3v) is 2.05. The predicted molar refractivity (Wildman–Crippen MR) is 49.8 cm³/mol. The van der Waals surface area contributed by atoms with Crippen molar-refractivity contribution in [3.05, 3.63) is 22.2 Å². The van der Waals surface area contributed by atoms with Crippen LogP contribution in [0.2, 0.25) is 0 Å². The third-order valence-electron chi connectivity index (χ3n) is 1.42. The number of aldehydes is 1. The van der Waals surface area contributed by atoms with Crippen molar-refractivity contribution >= 4 is 22.2 Å². The van der Waals surface area contributed by atoms with E-state index in [1.807, 2.05) is 0 Å². The zero-order chi connectivity index (χ0) is 10.6. The van der Waals surface area contributed by atoms with Gasteiger partial charge in [-0.15, -0.1) is 0 Å². The summed E-state index contributed by atoms with van der Waals surface area (Å²) in [5.74, 6) is -1.05. The fraction of sp³-hybridized carbons (Fsp3) is 0.250. The zero-order valence-corrected chi connectivity index (χ0v) is 8.88. The molecule has 0 saturated heterocycles. The highest BCUT2D eigenvalue weighted by molar-refractivity contribution is 9.10. The highest BCUT2D eigenvalue weighted by atomic mass is 79.9. The Hall–Kier alpha value is -1.01. The fourth-order valence-corrected chi connectivity index (χ4v) is 1.20. The van der Waals surface area contributed by atoms with E-state index < -0.39 is 5.95 Å². The number of aromatic nitrogens is 1. The van der Waals surface area contributed by atoms with Gasteiger partial charge in [0.15, 0.2) is 18.8 Å². The van der Waals surface area contributed by atoms with Crippen molar-refractivity contribution in [2.45, 2.75) is 0 Å². The van der Waals surface area contributed by atoms with Crippen LogP contribution in [0.4, 0.5) is 4.39 Å². The lowest BCUT2D eigenvalue weighted by Crippen LogP contribution is -2.05. The van der Waals surface area contributed by atoms with E-state index in [0.717, 1.165) is 0 Å². The van der Waals surface area contributed by atoms with Gasteiger partial charge >= 0.3 is 0 Å². The Morgan fingerprint density at radius 1 is 1.71 bits per heavy atom. The number of carbonyl (C=O) groups is 1. The van der Waals surface area contributed by atoms with E-state index in [1.165, 1.54) is 13.3 Å². The molecule has 4 nitrogen and oxygen atoms in total. The van der Waals surface area contributed by atoms with Crippen LogP contribution >= 0.6 is 15.9 Å². The number of rotatable bonds is 4. The molecular formula is C8H7BrFNO3. The summed E-state index contributed by atoms with van der Waals surface area (Å²) in [6, 6.07) is 0. The SMILES string of the molecule is COCOc1c(F)ncc(Br)c1C=O. The molecule has 0 bridgehead atoms. The molecule has 0 aliphatic carbocycles. The molecule has 0 spiro atoms. The quantitative estimate of drug-likeness (QED) is 0.472. The second-order valence-electron chi connectivity index (χ2n) is 2.31. The summed E-state index contributed by atoms with van der Waals surface area (Å²) in [5, 5.41) is 0. The van der Waals surface area contributed by atoms with Gasteiger partial charge in [0.05, 0.1) is 10.0 Å². The zero-order valence-electron chi connectivity index (χ0n) is 7.29. The summed E-state index contributed by atoms with van der Waals surface area (Å²) < 4.78 is 22.9. The summed E-state index contributed by atoms with van der Waals surface area (Å²) in [4.78, 5) is 14.0. The molecule has 0 amide bonds. The van der Waals surface area contributed by atoms with E-state index in [4.69, 9.17) is 4.74 Å². The number of methoxy groups -OCH3 is 1. The van der Waals surface area contributed by atoms with Crippen LogP contribution in [0.1, 0.15) is 10.4 Å². The van der Waals surface area contributed by atoms with Crippen molar-refractivity contribution in [2.24, 2.45) is 0 Å². The topological polar surface area (TPSA) is 48.4 Å². The minimum Gasteiger partial charge on any atom is -0.462 e. The lowest BCUT2D eigenvalue weighted by Gasteiger charge is -2.08. The van der Waals surface area contributed by atoms with Crippen molar-refractivity contribution in [2.75, 3.05) is 13.9 Å². The number of nitrogens with zero attached hydrogens (tertiary/aromatic N) is 1. The van der Waals surface area contributed by atoms with Crippen LogP contribution in [0.15, 0.2) is 10.7 Å². The molecule has 0 aromatic carbocycles. The van der Waals surface area contributed by atoms with Gasteiger partial charge in [0.1, 0.15) is 0 Å². The van der Waals surface area contributed by atoms with Crippen LogP contribution in [0.3, 0.4) is 0 Å². The average molecular weight is 264 g/mol. The summed E-state index contributed by atoms with van der Waals surface area (Å²) >= 11 is 3.05. The number of hydrogen-bond acceptors (Lipinski definition) is 4. The van der Waals surface area contributed by atoms with E-state index >= 15 is 0 Å². The Morgan fingerprint density at radius 3 is 3.00 bits per heavy atom. The molecule has 76 valence electrons. The number of pyridine rings is 1. The molecule has 1 aromatic heterocycles. The van der Waals surface area contributed by atoms with Crippen molar-refractivity contribution < 1.29 is 18.7 Å². The van der Waals surface area contributed by atoms with E-state index in [2.05, 4.69) is 25.7 Å². The molecule has 1 aromatic rings. The molecular weight excluding hydrogens is 257 g/mol. The molecule has 0 saturated carbocycles. The van der Waals surface area contributed by atoms with Gasteiger partial charge in [-0.05, 0) is 15.9 Å². The molecule has 0 atom stereocenters. The highest BCUT2D eigenvalue weighted by Crippen LogP contribution is 2.26. The largest absolute Gasteiger partial charge is 0.462 e. The summed E-state index contributed by atoms with van der Waals surface area (Å²) in [6.07, 6.45) is 1.68. The van der Waals surface area contributed by atoms with Crippen LogP contribution in [0.5, 0.6) is 5.75 Å². The molecule has 0 fully saturated rings. The van der Waals surface area contributed by atoms with Gasteiger partial charge in [-0.25, -0.2) is 4.98 Å². The Morgan fingerprint density at radius 2 is 2.43 bits per heavy atom. The monoisotopic (exact) mass is 263 g/mol. The maximum atomic E-state index is 13.1. The minimum absolute atomic E-state index is 0.0783. The average Bonchev–Trinajstić information content (AvgIpc) is 2.19. The van der Waals surface area contributed by atoms with Gasteiger partial charge in [-0.3, -0.25) is 4.79 Å². The van der Waals surface area contributed by atoms with Crippen LogP contribution in [0, 0.1) is 5.95 Å². The maximum absolute atomic E-state index is 13.1. The first-order valence-corrected chi connectivity index (χ1v) is 4.41. The van der Waals surface area contributed by atoms with Gasteiger partial charge in [0.25, 0.3) is 5.95 Å². The highest BCUT2D eigenvalue weighted by Gasteiger charge is 2.14. The van der Waals surface area contributed by atoms with Gasteiger partial charge in [0, 0.05) is 13.3 Å². The number of ether oxygens (including phenoxy) is 2. The van der Waals surface area contributed by atoms with Gasteiger partial charge in [0.2, 0.25) is 0 Å². The number of halogens is 2. The molecule has 0 aliphatic rings. The van der Waals surface area contributed by atoms with Crippen molar-refractivity contribution in [3.63, 3.8) is 0 Å². The first-order chi connectivity index (χ1) is 6.70. The van der Waals surface area contributed by atoms with Crippen LogP contribution in [-0.2, 0) is 4.74 Å². The van der Waals surface area contributed by atoms with E-state index in [1.54, 1.807) is 0 Å². The van der Waals surface area contributed by atoms with Gasteiger partial charge in [-0.2, -0.15) is 4.39 Å². The lowest BCUT2D eigenvalue weighted by molar-refractivity contribution is 0.0469. The fourth-order valence-electron chi connectivity index (χ4n) is 0.826. The smallest absolute Gasteiger partial charge is 0.256 e. The number of carbonyl (C=O) groups excluding carboxylic acids is 1. The third kappa shape index (κ3) is 2.27. The van der Waals surface area contributed by atoms with Gasteiger partial charge < -0.3 is 9.47 Å². The maximum Gasteiger partial charge on any atom is 0.256 e. The first-order valence-electron chi connectivity index (χ1n) is 3.61. The molecule has 0 radical (unpaired) electrons. The van der Waals surface area contributed by atoms with E-state index in [0.29, 0.717) is 10.8 Å². The summed E-state index contributed by atoms with van der Waals surface area (Å²) in [7, 11) is 1.39. The second kappa shape index (κ2) is 5.02. The molecule has 0 N–H and O–H groups in total.